The third-order valence-electron chi connectivity index (χ3n) is 2.68. The van der Waals surface area contributed by atoms with Gasteiger partial charge in [-0.1, -0.05) is 0 Å². The number of nitrogens with zero attached hydrogens (tertiary/aromatic N) is 1. The van der Waals surface area contributed by atoms with Crippen LogP contribution in [0.4, 0.5) is 18.0 Å². The van der Waals surface area contributed by atoms with Crippen molar-refractivity contribution in [2.75, 3.05) is 25.4 Å². The summed E-state index contributed by atoms with van der Waals surface area (Å²) in [6.07, 6.45) is 0.616. The van der Waals surface area contributed by atoms with Gasteiger partial charge in [0.25, 0.3) is 0 Å². The largest absolute Gasteiger partial charge is 0.481 e. The molecule has 0 aromatic rings. The molecule has 1 rings (SSSR count). The second-order valence-corrected chi connectivity index (χ2v) is 5.38. The van der Waals surface area contributed by atoms with Crippen LogP contribution in [-0.4, -0.2) is 52.9 Å². The normalized spacial score (nSPS) is 19.5. The summed E-state index contributed by atoms with van der Waals surface area (Å²) in [4.78, 5) is 23.5. The van der Waals surface area contributed by atoms with E-state index in [2.05, 4.69) is 5.32 Å². The van der Waals surface area contributed by atoms with Gasteiger partial charge in [-0.05, 0) is 24.1 Å². The van der Waals surface area contributed by atoms with Crippen LogP contribution in [0.1, 0.15) is 12.8 Å². The van der Waals surface area contributed by atoms with Gasteiger partial charge in [0.15, 0.2) is 0 Å². The molecule has 110 valence electrons. The maximum absolute atomic E-state index is 11.8. The molecular formula is C10H15F3N2O3S. The molecule has 0 aromatic heterocycles. The number of amides is 2. The van der Waals surface area contributed by atoms with Crippen molar-refractivity contribution in [2.45, 2.75) is 18.3 Å². The Labute approximate surface area is 112 Å². The molecule has 1 atom stereocenters. The van der Waals surface area contributed by atoms with Crippen LogP contribution in [-0.2, 0) is 4.79 Å². The number of carboxylic acids is 1. The van der Waals surface area contributed by atoms with E-state index in [1.165, 1.54) is 4.90 Å². The van der Waals surface area contributed by atoms with Crippen LogP contribution in [0.3, 0.4) is 0 Å². The second-order valence-electron chi connectivity index (χ2n) is 4.22. The van der Waals surface area contributed by atoms with E-state index in [1.807, 2.05) is 0 Å². The number of alkyl halides is 3. The van der Waals surface area contributed by atoms with Gasteiger partial charge in [-0.15, -0.1) is 0 Å². The molecule has 2 amide bonds. The van der Waals surface area contributed by atoms with Crippen LogP contribution in [0, 0.1) is 5.92 Å². The molecule has 0 bridgehead atoms. The maximum Gasteiger partial charge on any atom is 0.441 e. The van der Waals surface area contributed by atoms with Crippen molar-refractivity contribution >= 4 is 23.8 Å². The number of hydrogen-bond acceptors (Lipinski definition) is 3. The standard InChI is InChI=1S/C10H15F3N2O3S/c11-10(12,13)19-4-2-14-9(18)15-3-1-7(6-15)5-8(16)17/h7H,1-6H2,(H,14,18)(H,16,17). The molecule has 19 heavy (non-hydrogen) atoms. The quantitative estimate of drug-likeness (QED) is 0.759. The monoisotopic (exact) mass is 300 g/mol. The van der Waals surface area contributed by atoms with E-state index in [9.17, 15) is 22.8 Å². The topological polar surface area (TPSA) is 69.6 Å². The van der Waals surface area contributed by atoms with Crippen molar-refractivity contribution in [1.29, 1.82) is 0 Å². The van der Waals surface area contributed by atoms with Gasteiger partial charge in [-0.25, -0.2) is 4.79 Å². The van der Waals surface area contributed by atoms with E-state index >= 15 is 0 Å². The van der Waals surface area contributed by atoms with E-state index in [0.717, 1.165) is 0 Å². The zero-order valence-electron chi connectivity index (χ0n) is 10.1. The van der Waals surface area contributed by atoms with Crippen molar-refractivity contribution in [1.82, 2.24) is 10.2 Å². The summed E-state index contributed by atoms with van der Waals surface area (Å²) in [6, 6.07) is -0.435. The molecule has 1 heterocycles. The lowest BCUT2D eigenvalue weighted by molar-refractivity contribution is -0.138. The summed E-state index contributed by atoms with van der Waals surface area (Å²) < 4.78 is 35.5. The van der Waals surface area contributed by atoms with E-state index in [-0.39, 0.29) is 36.4 Å². The molecule has 0 saturated carbocycles. The van der Waals surface area contributed by atoms with Crippen LogP contribution >= 0.6 is 11.8 Å². The maximum atomic E-state index is 11.8. The summed E-state index contributed by atoms with van der Waals surface area (Å²) in [5.41, 5.74) is -4.29. The average Bonchev–Trinajstić information content (AvgIpc) is 2.70. The first-order valence-corrected chi connectivity index (χ1v) is 6.72. The third-order valence-corrected chi connectivity index (χ3v) is 3.42. The minimum Gasteiger partial charge on any atom is -0.481 e. The molecule has 9 heteroatoms. The first-order chi connectivity index (χ1) is 8.78. The highest BCUT2D eigenvalue weighted by molar-refractivity contribution is 8.00. The fraction of sp³-hybridized carbons (Fsp3) is 0.800. The summed E-state index contributed by atoms with van der Waals surface area (Å²) in [7, 11) is 0. The van der Waals surface area contributed by atoms with Gasteiger partial charge in [-0.2, -0.15) is 13.2 Å². The predicted octanol–water partition coefficient (Wildman–Crippen LogP) is 1.75. The number of carbonyl (C=O) groups excluding carboxylic acids is 1. The number of hydrogen-bond donors (Lipinski definition) is 2. The number of likely N-dealkylation sites (tertiary alicyclic amines) is 1. The summed E-state index contributed by atoms with van der Waals surface area (Å²) >= 11 is -0.184. The van der Waals surface area contributed by atoms with Gasteiger partial charge in [0.05, 0.1) is 0 Å². The molecule has 5 nitrogen and oxygen atoms in total. The molecule has 1 aliphatic heterocycles. The molecule has 1 aliphatic rings. The number of nitrogens with one attached hydrogen (secondary N) is 1. The Morgan fingerprint density at radius 2 is 2.11 bits per heavy atom. The van der Waals surface area contributed by atoms with Crippen LogP contribution < -0.4 is 5.32 Å². The van der Waals surface area contributed by atoms with Crippen molar-refractivity contribution < 1.29 is 27.9 Å². The van der Waals surface area contributed by atoms with Crippen molar-refractivity contribution in [3.63, 3.8) is 0 Å². The fourth-order valence-corrected chi connectivity index (χ4v) is 2.30. The highest BCUT2D eigenvalue weighted by atomic mass is 32.2. The smallest absolute Gasteiger partial charge is 0.441 e. The molecule has 1 unspecified atom stereocenters. The van der Waals surface area contributed by atoms with Gasteiger partial charge in [0.2, 0.25) is 0 Å². The van der Waals surface area contributed by atoms with Crippen molar-refractivity contribution in [2.24, 2.45) is 5.92 Å². The Morgan fingerprint density at radius 3 is 2.68 bits per heavy atom. The van der Waals surface area contributed by atoms with E-state index < -0.39 is 17.5 Å². The Balaban J connectivity index is 2.19. The van der Waals surface area contributed by atoms with Crippen molar-refractivity contribution in [3.8, 4) is 0 Å². The minimum absolute atomic E-state index is 0.00764. The highest BCUT2D eigenvalue weighted by Gasteiger charge is 2.29. The Morgan fingerprint density at radius 1 is 1.42 bits per heavy atom. The zero-order valence-corrected chi connectivity index (χ0v) is 10.9. The number of thioether (sulfide) groups is 1. The van der Waals surface area contributed by atoms with Gasteiger partial charge in [-0.3, -0.25) is 4.79 Å². The highest BCUT2D eigenvalue weighted by Crippen LogP contribution is 2.29. The number of halogens is 3. The SMILES string of the molecule is O=C(O)CC1CCN(C(=O)NCCSC(F)(F)F)C1. The number of rotatable bonds is 5. The number of aliphatic carboxylic acids is 1. The Bertz CT molecular complexity index is 338. The van der Waals surface area contributed by atoms with E-state index in [0.29, 0.717) is 19.5 Å². The molecule has 2 N–H and O–H groups in total. The molecule has 1 saturated heterocycles. The van der Waals surface area contributed by atoms with Crippen LogP contribution in [0.2, 0.25) is 0 Å². The van der Waals surface area contributed by atoms with Gasteiger partial charge < -0.3 is 15.3 Å². The molecule has 0 aliphatic carbocycles. The lowest BCUT2D eigenvalue weighted by Crippen LogP contribution is -2.39. The van der Waals surface area contributed by atoms with Crippen LogP contribution in [0.5, 0.6) is 0 Å². The molecule has 1 fully saturated rings. The average molecular weight is 300 g/mol. The number of carboxylic acid groups (broad SMARTS) is 1. The van der Waals surface area contributed by atoms with Gasteiger partial charge >= 0.3 is 17.5 Å². The second kappa shape index (κ2) is 6.88. The predicted molar refractivity (Wildman–Crippen MR) is 63.8 cm³/mol. The third kappa shape index (κ3) is 6.55. The van der Waals surface area contributed by atoms with Crippen molar-refractivity contribution in [3.05, 3.63) is 0 Å². The first-order valence-electron chi connectivity index (χ1n) is 5.73. The van der Waals surface area contributed by atoms with Gasteiger partial charge in [0, 0.05) is 31.8 Å². The Kier molecular flexibility index (Phi) is 5.77. The summed E-state index contributed by atoms with van der Waals surface area (Å²) in [5.74, 6) is -1.22. The number of urea groups is 1. The summed E-state index contributed by atoms with van der Waals surface area (Å²) in [6.45, 7) is 0.712. The number of carbonyl (C=O) groups is 2. The van der Waals surface area contributed by atoms with Crippen LogP contribution in [0.15, 0.2) is 0 Å². The fourth-order valence-electron chi connectivity index (χ4n) is 1.87. The lowest BCUT2D eigenvalue weighted by atomic mass is 10.1. The first kappa shape index (κ1) is 15.9. The Hall–Kier alpha value is -1.12. The van der Waals surface area contributed by atoms with E-state index in [4.69, 9.17) is 5.11 Å². The summed E-state index contributed by atoms with van der Waals surface area (Å²) in [5, 5.41) is 11.0. The lowest BCUT2D eigenvalue weighted by Gasteiger charge is -2.17. The molecular weight excluding hydrogens is 285 g/mol. The van der Waals surface area contributed by atoms with Gasteiger partial charge in [0.1, 0.15) is 0 Å². The minimum atomic E-state index is -4.29. The zero-order chi connectivity index (χ0) is 14.5. The molecule has 0 aromatic carbocycles. The molecule has 0 radical (unpaired) electrons. The molecule has 0 spiro atoms. The van der Waals surface area contributed by atoms with Crippen LogP contribution in [0.25, 0.3) is 0 Å². The van der Waals surface area contributed by atoms with E-state index in [1.54, 1.807) is 0 Å².